The third-order valence-electron chi connectivity index (χ3n) is 3.75. The van der Waals surface area contributed by atoms with Gasteiger partial charge in [-0.1, -0.05) is 5.04 Å². The van der Waals surface area contributed by atoms with Gasteiger partial charge in [0, 0.05) is 0 Å². The van der Waals surface area contributed by atoms with Crippen LogP contribution in [0.3, 0.4) is 0 Å². The number of alkyl halides is 2. The largest absolute Gasteiger partial charge is 0.460 e. The van der Waals surface area contributed by atoms with E-state index < -0.39 is 29.4 Å². The van der Waals surface area contributed by atoms with E-state index in [0.29, 0.717) is 5.92 Å². The second-order valence-electron chi connectivity index (χ2n) is 4.91. The summed E-state index contributed by atoms with van der Waals surface area (Å²) < 4.78 is 34.2. The quantitative estimate of drug-likeness (QED) is 0.333. The minimum Gasteiger partial charge on any atom is -0.460 e. The number of carbonyl (C=O) groups is 1. The molecule has 0 aromatic carbocycles. The smallest absolute Gasteiger partial charge is 0.415 e. The van der Waals surface area contributed by atoms with Crippen molar-refractivity contribution in [1.29, 1.82) is 0 Å². The first-order valence-electron chi connectivity index (χ1n) is 5.83. The molecular formula is C10H14F2O6S. The van der Waals surface area contributed by atoms with Gasteiger partial charge in [0.05, 0.1) is 12.7 Å². The van der Waals surface area contributed by atoms with Crippen LogP contribution in [0.1, 0.15) is 19.3 Å². The fraction of sp³-hybridized carbons (Fsp3) is 0.900. The summed E-state index contributed by atoms with van der Waals surface area (Å²) in [4.78, 5) is 11.1. The fourth-order valence-electron chi connectivity index (χ4n) is 3.01. The lowest BCUT2D eigenvalue weighted by Crippen LogP contribution is -2.32. The lowest BCUT2D eigenvalue weighted by atomic mass is 9.87. The zero-order valence-electron chi connectivity index (χ0n) is 9.83. The van der Waals surface area contributed by atoms with Crippen molar-refractivity contribution >= 4 is 18.0 Å². The molecule has 2 N–H and O–H groups in total. The number of carbonyl (C=O) groups excluding carboxylic acids is 1. The van der Waals surface area contributed by atoms with Crippen LogP contribution in [0.4, 0.5) is 8.78 Å². The molecule has 0 aliphatic heterocycles. The second-order valence-corrected chi connectivity index (χ2v) is 5.72. The minimum absolute atomic E-state index is 0.0242. The molecule has 2 bridgehead atoms. The number of hydrogen-bond acceptors (Lipinski definition) is 7. The number of fused-ring (bicyclic) bond motifs is 2. The Hall–Kier alpha value is -0.480. The average molecular weight is 300 g/mol. The van der Waals surface area contributed by atoms with Crippen LogP contribution in [0.25, 0.3) is 0 Å². The van der Waals surface area contributed by atoms with Gasteiger partial charge in [-0.3, -0.25) is 0 Å². The molecule has 0 heterocycles. The Morgan fingerprint density at radius 3 is 2.68 bits per heavy atom. The van der Waals surface area contributed by atoms with Gasteiger partial charge in [-0.15, -0.1) is 4.33 Å². The molecular weight excluding hydrogens is 286 g/mol. The molecule has 4 atom stereocenters. The number of ether oxygens (including phenoxy) is 1. The number of hydrogen-bond donors (Lipinski definition) is 2. The van der Waals surface area contributed by atoms with Crippen molar-refractivity contribution in [2.45, 2.75) is 30.6 Å². The van der Waals surface area contributed by atoms with Gasteiger partial charge < -0.3 is 9.84 Å². The van der Waals surface area contributed by atoms with Crippen LogP contribution in [0.15, 0.2) is 0 Å². The Labute approximate surface area is 112 Å². The van der Waals surface area contributed by atoms with Crippen LogP contribution in [-0.2, 0) is 18.9 Å². The SMILES string of the molecule is O=C(OCC1CC2CC(O)C1C2)C(F)(F)SOOO. The fourth-order valence-corrected chi connectivity index (χ4v) is 3.25. The molecule has 2 saturated carbocycles. The highest BCUT2D eigenvalue weighted by Gasteiger charge is 2.48. The van der Waals surface area contributed by atoms with E-state index in [9.17, 15) is 18.7 Å². The lowest BCUT2D eigenvalue weighted by Gasteiger charge is -2.26. The van der Waals surface area contributed by atoms with Gasteiger partial charge in [-0.25, -0.2) is 10.1 Å². The first kappa shape index (κ1) is 14.9. The molecule has 0 aromatic rings. The number of aliphatic hydroxyl groups excluding tert-OH is 1. The first-order valence-corrected chi connectivity index (χ1v) is 6.57. The van der Waals surface area contributed by atoms with E-state index >= 15 is 0 Å². The van der Waals surface area contributed by atoms with Gasteiger partial charge in [0.25, 0.3) is 0 Å². The summed E-state index contributed by atoms with van der Waals surface area (Å²) in [5.41, 5.74) is 0. The van der Waals surface area contributed by atoms with Crippen molar-refractivity contribution in [1.82, 2.24) is 0 Å². The zero-order chi connectivity index (χ0) is 14.0. The van der Waals surface area contributed by atoms with Gasteiger partial charge >= 0.3 is 11.2 Å². The Bertz CT molecular complexity index is 342. The molecule has 2 aliphatic rings. The molecule has 9 heteroatoms. The molecule has 2 fully saturated rings. The Morgan fingerprint density at radius 2 is 2.11 bits per heavy atom. The topological polar surface area (TPSA) is 85.2 Å². The van der Waals surface area contributed by atoms with E-state index in [1.807, 2.05) is 0 Å². The number of esters is 1. The lowest BCUT2D eigenvalue weighted by molar-refractivity contribution is -0.433. The molecule has 0 amide bonds. The molecule has 0 aromatic heterocycles. The summed E-state index contributed by atoms with van der Waals surface area (Å²) in [7, 11) is 0. The Kier molecular flexibility index (Phi) is 4.62. The van der Waals surface area contributed by atoms with Crippen LogP contribution in [0.5, 0.6) is 0 Å². The molecule has 6 nitrogen and oxygen atoms in total. The maximum Gasteiger partial charge on any atom is 0.415 e. The van der Waals surface area contributed by atoms with Crippen molar-refractivity contribution < 1.29 is 38.0 Å². The number of rotatable bonds is 6. The monoisotopic (exact) mass is 300 g/mol. The summed E-state index contributed by atoms with van der Waals surface area (Å²) >= 11 is -0.644. The maximum atomic E-state index is 13.1. The van der Waals surface area contributed by atoms with E-state index in [2.05, 4.69) is 14.1 Å². The standard InChI is InChI=1S/C10H14F2O6S/c11-10(12,19-18-17-15)9(14)16-4-6-1-5-2-7(6)8(13)3-5/h5-8,13,15H,1-4H2. The molecule has 2 rings (SSSR count). The minimum atomic E-state index is -3.96. The van der Waals surface area contributed by atoms with Crippen LogP contribution < -0.4 is 0 Å². The second kappa shape index (κ2) is 5.88. The first-order chi connectivity index (χ1) is 8.94. The molecule has 4 unspecified atom stereocenters. The highest BCUT2D eigenvalue weighted by Crippen LogP contribution is 2.48. The highest BCUT2D eigenvalue weighted by molar-refractivity contribution is 7.96. The predicted molar refractivity (Wildman–Crippen MR) is 58.6 cm³/mol. The summed E-state index contributed by atoms with van der Waals surface area (Å²) in [6, 6.07) is 0. The zero-order valence-corrected chi connectivity index (χ0v) is 10.6. The third-order valence-corrected chi connectivity index (χ3v) is 4.26. The van der Waals surface area contributed by atoms with Crippen LogP contribution in [0.2, 0.25) is 0 Å². The van der Waals surface area contributed by atoms with Gasteiger partial charge in [0.1, 0.15) is 12.0 Å². The van der Waals surface area contributed by atoms with Crippen molar-refractivity contribution in [3.8, 4) is 0 Å². The summed E-state index contributed by atoms with van der Waals surface area (Å²) in [6.45, 7) is -0.146. The van der Waals surface area contributed by atoms with Crippen LogP contribution >= 0.6 is 12.0 Å². The van der Waals surface area contributed by atoms with Crippen molar-refractivity contribution in [3.05, 3.63) is 0 Å². The number of aliphatic hydroxyl groups is 1. The normalized spacial score (nSPS) is 33.7. The molecule has 2 aliphatic carbocycles. The van der Waals surface area contributed by atoms with Crippen LogP contribution in [0, 0.1) is 17.8 Å². The van der Waals surface area contributed by atoms with E-state index in [4.69, 9.17) is 5.26 Å². The van der Waals surface area contributed by atoms with Crippen molar-refractivity contribution in [3.63, 3.8) is 0 Å². The summed E-state index contributed by atoms with van der Waals surface area (Å²) in [6.07, 6.45) is 1.95. The average Bonchev–Trinajstić information content (AvgIpc) is 2.91. The van der Waals surface area contributed by atoms with E-state index in [-0.39, 0.29) is 18.4 Å². The van der Waals surface area contributed by atoms with Gasteiger partial charge in [0.2, 0.25) is 0 Å². The van der Waals surface area contributed by atoms with Crippen LogP contribution in [-0.4, -0.2) is 34.3 Å². The van der Waals surface area contributed by atoms with E-state index in [1.54, 1.807) is 0 Å². The van der Waals surface area contributed by atoms with Gasteiger partial charge in [-0.2, -0.15) is 8.78 Å². The Morgan fingerprint density at radius 1 is 1.37 bits per heavy atom. The number of halogens is 2. The molecule has 0 saturated heterocycles. The third kappa shape index (κ3) is 3.34. The summed E-state index contributed by atoms with van der Waals surface area (Å²) in [5.74, 6) is -1.42. The Balaban J connectivity index is 1.78. The van der Waals surface area contributed by atoms with E-state index in [0.717, 1.165) is 19.3 Å². The van der Waals surface area contributed by atoms with Crippen molar-refractivity contribution in [2.75, 3.05) is 6.61 Å². The summed E-state index contributed by atoms with van der Waals surface area (Å²) in [5, 5.41) is 16.5. The van der Waals surface area contributed by atoms with Crippen molar-refractivity contribution in [2.24, 2.45) is 17.8 Å². The predicted octanol–water partition coefficient (Wildman–Crippen LogP) is 1.60. The molecule has 0 radical (unpaired) electrons. The highest BCUT2D eigenvalue weighted by atomic mass is 32.2. The van der Waals surface area contributed by atoms with Gasteiger partial charge in [-0.05, 0) is 37.0 Å². The van der Waals surface area contributed by atoms with Gasteiger partial charge in [0.15, 0.2) is 0 Å². The van der Waals surface area contributed by atoms with E-state index in [1.165, 1.54) is 0 Å². The molecule has 0 spiro atoms. The molecule has 110 valence electrons. The molecule has 19 heavy (non-hydrogen) atoms. The maximum absolute atomic E-state index is 13.1.